The van der Waals surface area contributed by atoms with Gasteiger partial charge >= 0.3 is 0 Å². The van der Waals surface area contributed by atoms with Gasteiger partial charge in [-0.3, -0.25) is 9.48 Å². The van der Waals surface area contributed by atoms with E-state index in [9.17, 15) is 4.79 Å². The lowest BCUT2D eigenvalue weighted by Gasteiger charge is -2.05. The van der Waals surface area contributed by atoms with E-state index in [4.69, 9.17) is 0 Å². The van der Waals surface area contributed by atoms with Crippen LogP contribution in [0.5, 0.6) is 0 Å². The van der Waals surface area contributed by atoms with Crippen LogP contribution in [0.2, 0.25) is 0 Å². The van der Waals surface area contributed by atoms with E-state index < -0.39 is 0 Å². The van der Waals surface area contributed by atoms with Crippen molar-refractivity contribution >= 4 is 33.1 Å². The number of aryl methyl sites for hydroxylation is 2. The molecule has 0 atom stereocenters. The van der Waals surface area contributed by atoms with Crippen LogP contribution in [0.1, 0.15) is 41.0 Å². The van der Waals surface area contributed by atoms with E-state index in [1.165, 1.54) is 0 Å². The van der Waals surface area contributed by atoms with Gasteiger partial charge in [0.15, 0.2) is 0 Å². The van der Waals surface area contributed by atoms with Gasteiger partial charge in [-0.2, -0.15) is 5.10 Å². The van der Waals surface area contributed by atoms with Crippen molar-refractivity contribution in [3.05, 3.63) is 40.7 Å². The molecule has 114 valence electrons. The largest absolute Gasteiger partial charge is 0.321 e. The van der Waals surface area contributed by atoms with Crippen LogP contribution < -0.4 is 5.32 Å². The standard InChI is InChI=1S/C16H18N4OS/c1-9(2)16-18-12-6-5-11(8-14(12)22-16)17-15(21)13-7-10(3)19-20(13)4/h5-9H,1-4H3,(H,17,21). The zero-order valence-corrected chi connectivity index (χ0v) is 13.9. The normalized spacial score (nSPS) is 11.3. The van der Waals surface area contributed by atoms with Gasteiger partial charge in [0.25, 0.3) is 5.91 Å². The maximum absolute atomic E-state index is 12.3. The Balaban J connectivity index is 1.87. The molecule has 0 saturated heterocycles. The third-order valence-corrected chi connectivity index (χ3v) is 4.71. The molecular formula is C16H18N4OS. The van der Waals surface area contributed by atoms with Crippen LogP contribution in [-0.2, 0) is 7.05 Å². The highest BCUT2D eigenvalue weighted by molar-refractivity contribution is 7.18. The maximum atomic E-state index is 12.3. The van der Waals surface area contributed by atoms with Crippen LogP contribution in [0.4, 0.5) is 5.69 Å². The number of hydrogen-bond acceptors (Lipinski definition) is 4. The molecule has 2 aromatic heterocycles. The van der Waals surface area contributed by atoms with Crippen LogP contribution >= 0.6 is 11.3 Å². The summed E-state index contributed by atoms with van der Waals surface area (Å²) in [6.07, 6.45) is 0. The lowest BCUT2D eigenvalue weighted by atomic mass is 10.2. The number of amides is 1. The molecule has 0 spiro atoms. The number of aromatic nitrogens is 3. The average molecular weight is 314 g/mol. The first-order valence-electron chi connectivity index (χ1n) is 7.16. The smallest absolute Gasteiger partial charge is 0.273 e. The summed E-state index contributed by atoms with van der Waals surface area (Å²) in [5.41, 5.74) is 3.12. The van der Waals surface area contributed by atoms with E-state index in [0.29, 0.717) is 11.6 Å². The Morgan fingerprint density at radius 3 is 2.73 bits per heavy atom. The molecule has 0 aliphatic carbocycles. The van der Waals surface area contributed by atoms with Crippen LogP contribution in [0.15, 0.2) is 24.3 Å². The number of nitrogens with one attached hydrogen (secondary N) is 1. The molecule has 0 aliphatic rings. The average Bonchev–Trinajstić information content (AvgIpc) is 3.01. The summed E-state index contributed by atoms with van der Waals surface area (Å²) >= 11 is 1.67. The Kier molecular flexibility index (Phi) is 3.70. The van der Waals surface area contributed by atoms with Gasteiger partial charge in [0.2, 0.25) is 0 Å². The molecule has 1 amide bonds. The van der Waals surface area contributed by atoms with E-state index in [1.807, 2.05) is 25.1 Å². The second-order valence-electron chi connectivity index (χ2n) is 5.64. The summed E-state index contributed by atoms with van der Waals surface area (Å²) in [5, 5.41) is 8.23. The topological polar surface area (TPSA) is 59.8 Å². The number of anilines is 1. The highest BCUT2D eigenvalue weighted by Gasteiger charge is 2.13. The van der Waals surface area contributed by atoms with Crippen LogP contribution in [-0.4, -0.2) is 20.7 Å². The van der Waals surface area contributed by atoms with Gasteiger partial charge in [0.1, 0.15) is 5.69 Å². The fourth-order valence-electron chi connectivity index (χ4n) is 2.29. The Morgan fingerprint density at radius 1 is 1.32 bits per heavy atom. The Bertz CT molecular complexity index is 847. The third-order valence-electron chi connectivity index (χ3n) is 3.39. The molecule has 1 N–H and O–H groups in total. The van der Waals surface area contributed by atoms with Crippen molar-refractivity contribution in [3.63, 3.8) is 0 Å². The zero-order valence-electron chi connectivity index (χ0n) is 13.0. The molecule has 6 heteroatoms. The van der Waals surface area contributed by atoms with Crippen molar-refractivity contribution in [2.75, 3.05) is 5.32 Å². The lowest BCUT2D eigenvalue weighted by Crippen LogP contribution is -2.15. The molecule has 0 bridgehead atoms. The van der Waals surface area contributed by atoms with Gasteiger partial charge in [0.05, 0.1) is 20.9 Å². The number of benzene rings is 1. The second-order valence-corrected chi connectivity index (χ2v) is 6.70. The van der Waals surface area contributed by atoms with Crippen molar-refractivity contribution in [1.82, 2.24) is 14.8 Å². The molecule has 1 aromatic carbocycles. The zero-order chi connectivity index (χ0) is 15.9. The molecule has 5 nitrogen and oxygen atoms in total. The lowest BCUT2D eigenvalue weighted by molar-refractivity contribution is 0.101. The predicted molar refractivity (Wildman–Crippen MR) is 89.6 cm³/mol. The van der Waals surface area contributed by atoms with Crippen LogP contribution in [0.3, 0.4) is 0 Å². The first kappa shape index (κ1) is 14.7. The molecule has 3 rings (SSSR count). The van der Waals surface area contributed by atoms with Crippen molar-refractivity contribution in [1.29, 1.82) is 0 Å². The van der Waals surface area contributed by atoms with Gasteiger partial charge in [-0.25, -0.2) is 4.98 Å². The molecule has 0 fully saturated rings. The SMILES string of the molecule is Cc1cc(C(=O)Nc2ccc3nc(C(C)C)sc3c2)n(C)n1. The third kappa shape index (κ3) is 2.74. The van der Waals surface area contributed by atoms with Gasteiger partial charge < -0.3 is 5.32 Å². The van der Waals surface area contributed by atoms with Crippen molar-refractivity contribution in [3.8, 4) is 0 Å². The summed E-state index contributed by atoms with van der Waals surface area (Å²) in [6.45, 7) is 6.13. The maximum Gasteiger partial charge on any atom is 0.273 e. The van der Waals surface area contributed by atoms with Gasteiger partial charge in [-0.1, -0.05) is 13.8 Å². The number of rotatable bonds is 3. The number of nitrogens with zero attached hydrogens (tertiary/aromatic N) is 3. The molecule has 0 radical (unpaired) electrons. The molecule has 0 unspecified atom stereocenters. The van der Waals surface area contributed by atoms with Gasteiger partial charge in [-0.05, 0) is 31.2 Å². The summed E-state index contributed by atoms with van der Waals surface area (Å²) in [5.74, 6) is 0.254. The fourth-order valence-corrected chi connectivity index (χ4v) is 3.29. The van der Waals surface area contributed by atoms with Crippen molar-refractivity contribution in [2.24, 2.45) is 7.05 Å². The van der Waals surface area contributed by atoms with E-state index in [0.717, 1.165) is 26.6 Å². The molecule has 0 saturated carbocycles. The minimum Gasteiger partial charge on any atom is -0.321 e. The van der Waals surface area contributed by atoms with E-state index in [1.54, 1.807) is 29.1 Å². The fraction of sp³-hybridized carbons (Fsp3) is 0.312. The Morgan fingerprint density at radius 2 is 2.09 bits per heavy atom. The quantitative estimate of drug-likeness (QED) is 0.801. The van der Waals surface area contributed by atoms with Gasteiger partial charge in [-0.15, -0.1) is 11.3 Å². The molecular weight excluding hydrogens is 296 g/mol. The van der Waals surface area contributed by atoms with Crippen molar-refractivity contribution < 1.29 is 4.79 Å². The number of carbonyl (C=O) groups excluding carboxylic acids is 1. The molecule has 3 aromatic rings. The second kappa shape index (κ2) is 5.53. The first-order chi connectivity index (χ1) is 10.4. The summed E-state index contributed by atoms with van der Waals surface area (Å²) in [4.78, 5) is 16.9. The minimum atomic E-state index is -0.156. The van der Waals surface area contributed by atoms with Crippen LogP contribution in [0, 0.1) is 6.92 Å². The van der Waals surface area contributed by atoms with E-state index in [2.05, 4.69) is 29.2 Å². The Hall–Kier alpha value is -2.21. The molecule has 2 heterocycles. The Labute approximate surface area is 133 Å². The summed E-state index contributed by atoms with van der Waals surface area (Å²) in [7, 11) is 1.77. The number of fused-ring (bicyclic) bond motifs is 1. The summed E-state index contributed by atoms with van der Waals surface area (Å²) in [6, 6.07) is 7.58. The summed E-state index contributed by atoms with van der Waals surface area (Å²) < 4.78 is 2.68. The van der Waals surface area contributed by atoms with Crippen molar-refractivity contribution in [2.45, 2.75) is 26.7 Å². The molecule has 0 aliphatic heterocycles. The number of thiazole rings is 1. The predicted octanol–water partition coefficient (Wildman–Crippen LogP) is 3.71. The van der Waals surface area contributed by atoms with Gasteiger partial charge in [0, 0.05) is 18.7 Å². The highest BCUT2D eigenvalue weighted by atomic mass is 32.1. The number of carbonyl (C=O) groups is 1. The first-order valence-corrected chi connectivity index (χ1v) is 7.98. The van der Waals surface area contributed by atoms with E-state index in [-0.39, 0.29) is 5.91 Å². The minimum absolute atomic E-state index is 0.156. The number of hydrogen-bond donors (Lipinski definition) is 1. The monoisotopic (exact) mass is 314 g/mol. The molecule has 22 heavy (non-hydrogen) atoms. The van der Waals surface area contributed by atoms with Crippen LogP contribution in [0.25, 0.3) is 10.2 Å². The highest BCUT2D eigenvalue weighted by Crippen LogP contribution is 2.29. The van der Waals surface area contributed by atoms with E-state index >= 15 is 0 Å².